The van der Waals surface area contributed by atoms with Crippen molar-refractivity contribution in [2.45, 2.75) is 0 Å². The second-order valence-corrected chi connectivity index (χ2v) is 9.96. The first kappa shape index (κ1) is 24.5. The van der Waals surface area contributed by atoms with Crippen LogP contribution in [-0.4, -0.2) is 72.8 Å². The van der Waals surface area contributed by atoms with Crippen LogP contribution < -0.4 is 9.47 Å². The highest BCUT2D eigenvalue weighted by Gasteiger charge is 2.37. The highest BCUT2D eigenvalue weighted by atomic mass is 79.9. The Balaban J connectivity index is 1.51. The Morgan fingerprint density at radius 1 is 1.24 bits per heavy atom. The molecule has 34 heavy (non-hydrogen) atoms. The zero-order chi connectivity index (χ0) is 24.2. The van der Waals surface area contributed by atoms with Gasteiger partial charge >= 0.3 is 5.97 Å². The lowest BCUT2D eigenvalue weighted by atomic mass is 10.2. The molecule has 12 heteroatoms. The SMILES string of the molecule is COc1cc(/C=C2\SC(=O)N(CC(=O)N3CCOCC3)C2=O)cc(Br)c1OC(=O)c1cccs1. The summed E-state index contributed by atoms with van der Waals surface area (Å²) < 4.78 is 16.5. The Kier molecular flexibility index (Phi) is 7.71. The molecule has 0 radical (unpaired) electrons. The number of nitrogens with zero attached hydrogens (tertiary/aromatic N) is 2. The van der Waals surface area contributed by atoms with Crippen LogP contribution >= 0.6 is 39.0 Å². The number of ether oxygens (including phenoxy) is 3. The number of carbonyl (C=O) groups is 4. The molecule has 9 nitrogen and oxygen atoms in total. The average molecular weight is 567 g/mol. The number of amides is 3. The van der Waals surface area contributed by atoms with Crippen molar-refractivity contribution in [1.29, 1.82) is 0 Å². The van der Waals surface area contributed by atoms with Crippen LogP contribution in [0.15, 0.2) is 39.0 Å². The Morgan fingerprint density at radius 2 is 2.00 bits per heavy atom. The Labute approximate surface area is 211 Å². The molecule has 2 fully saturated rings. The van der Waals surface area contributed by atoms with Gasteiger partial charge in [-0.15, -0.1) is 11.3 Å². The lowest BCUT2D eigenvalue weighted by Gasteiger charge is -2.28. The zero-order valence-corrected chi connectivity index (χ0v) is 21.2. The fourth-order valence-electron chi connectivity index (χ4n) is 3.30. The van der Waals surface area contributed by atoms with E-state index in [9.17, 15) is 19.2 Å². The van der Waals surface area contributed by atoms with Crippen LogP contribution in [0.2, 0.25) is 0 Å². The van der Waals surface area contributed by atoms with Crippen molar-refractivity contribution >= 4 is 68.1 Å². The van der Waals surface area contributed by atoms with Gasteiger partial charge in [-0.3, -0.25) is 19.3 Å². The third kappa shape index (κ3) is 5.35. The Morgan fingerprint density at radius 3 is 2.68 bits per heavy atom. The van der Waals surface area contributed by atoms with Crippen LogP contribution in [0.3, 0.4) is 0 Å². The maximum Gasteiger partial charge on any atom is 0.353 e. The van der Waals surface area contributed by atoms with E-state index in [1.165, 1.54) is 24.5 Å². The molecule has 2 aliphatic heterocycles. The van der Waals surface area contributed by atoms with Crippen molar-refractivity contribution in [2.75, 3.05) is 40.0 Å². The molecular formula is C22H19BrN2O7S2. The van der Waals surface area contributed by atoms with Crippen molar-refractivity contribution < 1.29 is 33.4 Å². The summed E-state index contributed by atoms with van der Waals surface area (Å²) in [7, 11) is 1.43. The molecule has 3 heterocycles. The number of carbonyl (C=O) groups excluding carboxylic acids is 4. The van der Waals surface area contributed by atoms with E-state index >= 15 is 0 Å². The van der Waals surface area contributed by atoms with Gasteiger partial charge in [0.1, 0.15) is 11.4 Å². The van der Waals surface area contributed by atoms with E-state index in [1.54, 1.807) is 34.5 Å². The number of benzene rings is 1. The minimum Gasteiger partial charge on any atom is -0.493 e. The van der Waals surface area contributed by atoms with Gasteiger partial charge in [-0.1, -0.05) is 6.07 Å². The van der Waals surface area contributed by atoms with Crippen LogP contribution in [-0.2, 0) is 14.3 Å². The Hall–Kier alpha value is -2.67. The number of rotatable bonds is 6. The lowest BCUT2D eigenvalue weighted by Crippen LogP contribution is -2.46. The minimum absolute atomic E-state index is 0.178. The zero-order valence-electron chi connectivity index (χ0n) is 17.9. The molecule has 1 aromatic heterocycles. The van der Waals surface area contributed by atoms with Gasteiger partial charge < -0.3 is 19.1 Å². The van der Waals surface area contributed by atoms with E-state index in [1.807, 2.05) is 0 Å². The quantitative estimate of drug-likeness (QED) is 0.296. The maximum atomic E-state index is 12.8. The summed E-state index contributed by atoms with van der Waals surface area (Å²) in [5.74, 6) is -0.893. The first-order valence-electron chi connectivity index (χ1n) is 10.1. The molecule has 2 saturated heterocycles. The van der Waals surface area contributed by atoms with E-state index < -0.39 is 17.1 Å². The summed E-state index contributed by atoms with van der Waals surface area (Å²) in [6.07, 6.45) is 1.53. The second-order valence-electron chi connectivity index (χ2n) is 7.16. The van der Waals surface area contributed by atoms with Crippen molar-refractivity contribution in [3.8, 4) is 11.5 Å². The monoisotopic (exact) mass is 566 g/mol. The highest BCUT2D eigenvalue weighted by Crippen LogP contribution is 2.39. The summed E-state index contributed by atoms with van der Waals surface area (Å²) in [5.41, 5.74) is 0.546. The minimum atomic E-state index is -0.542. The lowest BCUT2D eigenvalue weighted by molar-refractivity contribution is -0.139. The second kappa shape index (κ2) is 10.7. The van der Waals surface area contributed by atoms with Crippen molar-refractivity contribution in [2.24, 2.45) is 0 Å². The smallest absolute Gasteiger partial charge is 0.353 e. The van der Waals surface area contributed by atoms with Crippen LogP contribution in [0, 0.1) is 0 Å². The molecule has 0 unspecified atom stereocenters. The topological polar surface area (TPSA) is 102 Å². The normalized spacial score (nSPS) is 17.4. The third-order valence-electron chi connectivity index (χ3n) is 5.00. The number of halogens is 1. The molecule has 0 saturated carbocycles. The molecular weight excluding hydrogens is 548 g/mol. The van der Waals surface area contributed by atoms with Gasteiger partial charge in [-0.25, -0.2) is 4.79 Å². The van der Waals surface area contributed by atoms with Gasteiger partial charge in [0.05, 0.1) is 29.7 Å². The summed E-state index contributed by atoms with van der Waals surface area (Å²) in [6.45, 7) is 1.42. The van der Waals surface area contributed by atoms with Gasteiger partial charge in [-0.2, -0.15) is 0 Å². The number of hydrogen-bond acceptors (Lipinski definition) is 9. The van der Waals surface area contributed by atoms with Crippen LogP contribution in [0.1, 0.15) is 15.2 Å². The third-order valence-corrected chi connectivity index (χ3v) is 7.34. The fourth-order valence-corrected chi connectivity index (χ4v) is 5.27. The van der Waals surface area contributed by atoms with Gasteiger partial charge in [0.2, 0.25) is 5.91 Å². The number of morpholine rings is 1. The highest BCUT2D eigenvalue weighted by molar-refractivity contribution is 9.10. The first-order valence-corrected chi connectivity index (χ1v) is 12.6. The van der Waals surface area contributed by atoms with Crippen LogP contribution in [0.25, 0.3) is 6.08 Å². The van der Waals surface area contributed by atoms with Gasteiger partial charge in [0.15, 0.2) is 11.5 Å². The molecule has 4 rings (SSSR count). The van der Waals surface area contributed by atoms with Gasteiger partial charge in [0.25, 0.3) is 11.1 Å². The fraction of sp³-hybridized carbons (Fsp3) is 0.273. The van der Waals surface area contributed by atoms with Gasteiger partial charge in [0, 0.05) is 13.1 Å². The molecule has 178 valence electrons. The summed E-state index contributed by atoms with van der Waals surface area (Å²) in [6, 6.07) is 6.64. The summed E-state index contributed by atoms with van der Waals surface area (Å²) in [4.78, 5) is 53.2. The number of hydrogen-bond donors (Lipinski definition) is 0. The maximum absolute atomic E-state index is 12.8. The molecule has 0 bridgehead atoms. The van der Waals surface area contributed by atoms with Crippen LogP contribution in [0.5, 0.6) is 11.5 Å². The molecule has 1 aromatic carbocycles. The largest absolute Gasteiger partial charge is 0.493 e. The van der Waals surface area contributed by atoms with Gasteiger partial charge in [-0.05, 0) is 62.9 Å². The summed E-state index contributed by atoms with van der Waals surface area (Å²) >= 11 is 5.40. The van der Waals surface area contributed by atoms with Crippen molar-refractivity contribution in [1.82, 2.24) is 9.80 Å². The van der Waals surface area contributed by atoms with E-state index in [0.717, 1.165) is 16.7 Å². The number of imide groups is 1. The number of esters is 1. The molecule has 2 aliphatic rings. The Bertz CT molecular complexity index is 1160. The first-order chi connectivity index (χ1) is 16.4. The van der Waals surface area contributed by atoms with E-state index in [2.05, 4.69) is 15.9 Å². The molecule has 0 N–H and O–H groups in total. The standard InChI is InChI=1S/C22H19BrN2O7S2/c1-30-15-10-13(9-14(23)19(15)32-21(28)16-3-2-8-33-16)11-17-20(27)25(22(29)34-17)12-18(26)24-4-6-31-7-5-24/h2-3,8-11H,4-7,12H2,1H3/b17-11-. The molecule has 2 aromatic rings. The van der Waals surface area contributed by atoms with Crippen molar-refractivity contribution in [3.63, 3.8) is 0 Å². The average Bonchev–Trinajstić information content (AvgIpc) is 3.46. The predicted octanol–water partition coefficient (Wildman–Crippen LogP) is 3.63. The number of thiophene rings is 1. The summed E-state index contributed by atoms with van der Waals surface area (Å²) in [5, 5.41) is 1.26. The van der Waals surface area contributed by atoms with Crippen LogP contribution in [0.4, 0.5) is 4.79 Å². The molecule has 0 atom stereocenters. The molecule has 3 amide bonds. The van der Waals surface area contributed by atoms with E-state index in [0.29, 0.717) is 41.2 Å². The molecule has 0 spiro atoms. The van der Waals surface area contributed by atoms with Crippen molar-refractivity contribution in [3.05, 3.63) is 49.5 Å². The van der Waals surface area contributed by atoms with E-state index in [4.69, 9.17) is 14.2 Å². The molecule has 0 aliphatic carbocycles. The number of methoxy groups -OCH3 is 1. The number of thioether (sulfide) groups is 1. The van der Waals surface area contributed by atoms with E-state index in [-0.39, 0.29) is 28.9 Å². The predicted molar refractivity (Wildman–Crippen MR) is 130 cm³/mol.